The van der Waals surface area contributed by atoms with Crippen molar-refractivity contribution in [2.75, 3.05) is 5.75 Å². The summed E-state index contributed by atoms with van der Waals surface area (Å²) in [5, 5.41) is 8.13. The van der Waals surface area contributed by atoms with E-state index in [1.807, 2.05) is 24.4 Å². The van der Waals surface area contributed by atoms with Crippen molar-refractivity contribution < 1.29 is 9.00 Å². The van der Waals surface area contributed by atoms with Crippen LogP contribution in [-0.4, -0.2) is 27.3 Å². The highest BCUT2D eigenvalue weighted by molar-refractivity contribution is 7.85. The van der Waals surface area contributed by atoms with Crippen molar-refractivity contribution >= 4 is 28.2 Å². The quantitative estimate of drug-likeness (QED) is 0.878. The lowest BCUT2D eigenvalue weighted by Gasteiger charge is -2.29. The predicted octanol–water partition coefficient (Wildman–Crippen LogP) is 2.63. The number of hydrogen-bond donors (Lipinski definition) is 2. The second-order valence-electron chi connectivity index (χ2n) is 5.06. The van der Waals surface area contributed by atoms with Crippen molar-refractivity contribution in [3.05, 3.63) is 22.4 Å². The molecule has 1 heterocycles. The van der Waals surface area contributed by atoms with Crippen LogP contribution in [0.15, 0.2) is 17.5 Å². The molecule has 0 saturated heterocycles. The van der Waals surface area contributed by atoms with Gasteiger partial charge in [-0.05, 0) is 30.7 Å². The Morgan fingerprint density at radius 2 is 2.35 bits per heavy atom. The lowest BCUT2D eigenvalue weighted by atomic mass is 9.95. The zero-order chi connectivity index (χ0) is 14.4. The molecule has 0 radical (unpaired) electrons. The first-order valence-electron chi connectivity index (χ1n) is 7.13. The Bertz CT molecular complexity index is 448. The van der Waals surface area contributed by atoms with Gasteiger partial charge in [0.2, 0.25) is 0 Å². The molecule has 6 heteroatoms. The topological polar surface area (TPSA) is 58.2 Å². The number of rotatable bonds is 5. The Kier molecular flexibility index (Phi) is 6.04. The number of urea groups is 1. The van der Waals surface area contributed by atoms with E-state index in [2.05, 4.69) is 10.6 Å². The number of amides is 2. The largest absolute Gasteiger partial charge is 0.335 e. The van der Waals surface area contributed by atoms with Gasteiger partial charge in [0.05, 0.1) is 6.54 Å². The number of carbonyl (C=O) groups excluding carboxylic acids is 1. The van der Waals surface area contributed by atoms with Gasteiger partial charge in [-0.25, -0.2) is 4.79 Å². The van der Waals surface area contributed by atoms with Gasteiger partial charge < -0.3 is 10.6 Å². The Morgan fingerprint density at radius 1 is 1.50 bits per heavy atom. The standard InChI is InChI=1S/C14H22N2O2S2/c1-2-20(18)13-7-3-5-11(9-13)16-14(17)15-10-12-6-4-8-19-12/h4,6,8,11,13H,2-3,5,7,9-10H2,1H3,(H2,15,16,17)/t11-,13-,20+/m1/s1. The van der Waals surface area contributed by atoms with Gasteiger partial charge in [0.25, 0.3) is 0 Å². The van der Waals surface area contributed by atoms with Gasteiger partial charge in [-0.2, -0.15) is 0 Å². The minimum absolute atomic E-state index is 0.119. The minimum atomic E-state index is -0.747. The van der Waals surface area contributed by atoms with Crippen molar-refractivity contribution in [2.45, 2.75) is 50.4 Å². The van der Waals surface area contributed by atoms with Crippen LogP contribution in [-0.2, 0) is 17.3 Å². The highest BCUT2D eigenvalue weighted by Gasteiger charge is 2.26. The molecule has 1 aliphatic rings. The maximum absolute atomic E-state index is 11.9. The Labute approximate surface area is 126 Å². The van der Waals surface area contributed by atoms with Crippen LogP contribution in [0.1, 0.15) is 37.5 Å². The molecule has 1 aromatic heterocycles. The Balaban J connectivity index is 1.74. The summed E-state index contributed by atoms with van der Waals surface area (Å²) in [6, 6.07) is 4.02. The first-order chi connectivity index (χ1) is 9.69. The SMILES string of the molecule is CC[S@](=O)[C@@H]1CCC[C@@H](NC(=O)NCc2cccs2)C1. The zero-order valence-corrected chi connectivity index (χ0v) is 13.4. The summed E-state index contributed by atoms with van der Waals surface area (Å²) in [6.07, 6.45) is 3.90. The van der Waals surface area contributed by atoms with E-state index in [-0.39, 0.29) is 17.3 Å². The molecule has 0 bridgehead atoms. The smallest absolute Gasteiger partial charge is 0.315 e. The van der Waals surface area contributed by atoms with Crippen LogP contribution in [0.25, 0.3) is 0 Å². The number of nitrogens with one attached hydrogen (secondary N) is 2. The lowest BCUT2D eigenvalue weighted by molar-refractivity contribution is 0.232. The predicted molar refractivity (Wildman–Crippen MR) is 84.4 cm³/mol. The van der Waals surface area contributed by atoms with Crippen LogP contribution >= 0.6 is 11.3 Å². The van der Waals surface area contributed by atoms with Crippen molar-refractivity contribution in [1.29, 1.82) is 0 Å². The second-order valence-corrected chi connectivity index (χ2v) is 8.10. The van der Waals surface area contributed by atoms with E-state index < -0.39 is 10.8 Å². The fourth-order valence-electron chi connectivity index (χ4n) is 2.57. The lowest BCUT2D eigenvalue weighted by Crippen LogP contribution is -2.45. The first kappa shape index (κ1) is 15.5. The molecule has 1 aliphatic carbocycles. The summed E-state index contributed by atoms with van der Waals surface area (Å²) < 4.78 is 11.9. The molecule has 2 N–H and O–H groups in total. The minimum Gasteiger partial charge on any atom is -0.335 e. The molecule has 3 atom stereocenters. The highest BCUT2D eigenvalue weighted by Crippen LogP contribution is 2.22. The Morgan fingerprint density at radius 3 is 3.05 bits per heavy atom. The first-order valence-corrected chi connectivity index (χ1v) is 9.39. The molecule has 20 heavy (non-hydrogen) atoms. The summed E-state index contributed by atoms with van der Waals surface area (Å²) in [4.78, 5) is 13.0. The number of thiophene rings is 1. The number of hydrogen-bond acceptors (Lipinski definition) is 3. The molecule has 1 aromatic rings. The summed E-state index contributed by atoms with van der Waals surface area (Å²) in [6.45, 7) is 2.53. The van der Waals surface area contributed by atoms with Crippen molar-refractivity contribution in [1.82, 2.24) is 10.6 Å². The fourth-order valence-corrected chi connectivity index (χ4v) is 4.56. The third kappa shape index (κ3) is 4.59. The van der Waals surface area contributed by atoms with Gasteiger partial charge in [0.1, 0.15) is 0 Å². The Hall–Kier alpha value is -0.880. The molecular weight excluding hydrogens is 292 g/mol. The maximum Gasteiger partial charge on any atom is 0.315 e. The molecule has 0 unspecified atom stereocenters. The van der Waals surface area contributed by atoms with E-state index in [4.69, 9.17) is 0 Å². The van der Waals surface area contributed by atoms with Gasteiger partial charge in [0, 0.05) is 32.7 Å². The average molecular weight is 314 g/mol. The highest BCUT2D eigenvalue weighted by atomic mass is 32.2. The van der Waals surface area contributed by atoms with Crippen LogP contribution < -0.4 is 10.6 Å². The van der Waals surface area contributed by atoms with E-state index in [0.717, 1.165) is 30.6 Å². The third-order valence-corrected chi connectivity index (χ3v) is 6.24. The van der Waals surface area contributed by atoms with Crippen LogP contribution in [0.4, 0.5) is 4.79 Å². The molecular formula is C14H22N2O2S2. The summed E-state index contributed by atoms with van der Waals surface area (Å²) in [5.74, 6) is 0.710. The second kappa shape index (κ2) is 7.78. The molecule has 0 spiro atoms. The van der Waals surface area contributed by atoms with Crippen molar-refractivity contribution in [2.24, 2.45) is 0 Å². The summed E-state index contributed by atoms with van der Waals surface area (Å²) >= 11 is 1.64. The van der Waals surface area contributed by atoms with E-state index in [1.165, 1.54) is 0 Å². The van der Waals surface area contributed by atoms with Gasteiger partial charge in [-0.1, -0.05) is 19.4 Å². The van der Waals surface area contributed by atoms with Gasteiger partial charge in [0.15, 0.2) is 0 Å². The fraction of sp³-hybridized carbons (Fsp3) is 0.643. The average Bonchev–Trinajstić information content (AvgIpc) is 2.98. The van der Waals surface area contributed by atoms with Crippen LogP contribution in [0.2, 0.25) is 0 Å². The van der Waals surface area contributed by atoms with E-state index in [9.17, 15) is 9.00 Å². The van der Waals surface area contributed by atoms with E-state index in [1.54, 1.807) is 11.3 Å². The summed E-state index contributed by atoms with van der Waals surface area (Å²) in [7, 11) is -0.747. The molecule has 0 aromatic carbocycles. The third-order valence-electron chi connectivity index (χ3n) is 3.62. The van der Waals surface area contributed by atoms with Crippen LogP contribution in [0, 0.1) is 0 Å². The number of carbonyl (C=O) groups is 1. The van der Waals surface area contributed by atoms with Crippen molar-refractivity contribution in [3.63, 3.8) is 0 Å². The van der Waals surface area contributed by atoms with E-state index in [0.29, 0.717) is 12.3 Å². The molecule has 112 valence electrons. The molecule has 0 aliphatic heterocycles. The molecule has 2 rings (SSSR count). The zero-order valence-electron chi connectivity index (χ0n) is 11.8. The summed E-state index contributed by atoms with van der Waals surface area (Å²) in [5.41, 5.74) is 0. The molecule has 1 fully saturated rings. The molecule has 4 nitrogen and oxygen atoms in total. The van der Waals surface area contributed by atoms with Crippen LogP contribution in [0.5, 0.6) is 0 Å². The molecule has 1 saturated carbocycles. The molecule has 2 amide bonds. The van der Waals surface area contributed by atoms with Gasteiger partial charge in [-0.3, -0.25) is 4.21 Å². The monoisotopic (exact) mass is 314 g/mol. The van der Waals surface area contributed by atoms with Crippen LogP contribution in [0.3, 0.4) is 0 Å². The maximum atomic E-state index is 11.9. The van der Waals surface area contributed by atoms with E-state index >= 15 is 0 Å². The van der Waals surface area contributed by atoms with Crippen molar-refractivity contribution in [3.8, 4) is 0 Å². The van der Waals surface area contributed by atoms with Gasteiger partial charge >= 0.3 is 6.03 Å². The normalized spacial score (nSPS) is 24.1. The van der Waals surface area contributed by atoms with Gasteiger partial charge in [-0.15, -0.1) is 11.3 Å².